The lowest BCUT2D eigenvalue weighted by Crippen LogP contribution is -2.13. The van der Waals surface area contributed by atoms with Crippen molar-refractivity contribution < 1.29 is 13.2 Å². The van der Waals surface area contributed by atoms with E-state index >= 15 is 0 Å². The summed E-state index contributed by atoms with van der Waals surface area (Å²) in [7, 11) is 0. The molecule has 0 saturated heterocycles. The molecule has 1 saturated carbocycles. The van der Waals surface area contributed by atoms with Crippen LogP contribution in [-0.4, -0.2) is 4.98 Å². The molecular weight excluding hydrogens is 335 g/mol. The Labute approximate surface area is 152 Å². The minimum absolute atomic E-state index is 0.248. The zero-order valence-electron chi connectivity index (χ0n) is 14.9. The molecule has 26 heavy (non-hydrogen) atoms. The van der Waals surface area contributed by atoms with E-state index < -0.39 is 17.7 Å². The Hall–Kier alpha value is -2.28. The molecular formula is C22H22F3N. The highest BCUT2D eigenvalue weighted by molar-refractivity contribution is 5.43. The smallest absolute Gasteiger partial charge is 0.202 e. The van der Waals surface area contributed by atoms with Gasteiger partial charge in [-0.15, -0.1) is 0 Å². The minimum atomic E-state index is -1.45. The molecule has 1 fully saturated rings. The molecule has 1 aliphatic carbocycles. The summed E-state index contributed by atoms with van der Waals surface area (Å²) in [6.07, 6.45) is 7.63. The van der Waals surface area contributed by atoms with Crippen molar-refractivity contribution >= 4 is 0 Å². The standard InChI is InChI=1S/C22H22F3N/c1-2-3-15-4-9-17(10-5-15)18-11-6-16(7-12-18)8-13-19-14-20(23)22(25)26-21(19)24/h6-7,11-12,14-15,17H,2-5,9-10H2,1H3. The summed E-state index contributed by atoms with van der Waals surface area (Å²) in [5, 5.41) is 0. The second-order valence-electron chi connectivity index (χ2n) is 6.98. The first-order valence-electron chi connectivity index (χ1n) is 9.20. The van der Waals surface area contributed by atoms with Crippen LogP contribution in [-0.2, 0) is 0 Å². The number of hydrogen-bond donors (Lipinski definition) is 0. The van der Waals surface area contributed by atoms with E-state index in [1.807, 2.05) is 12.1 Å². The minimum Gasteiger partial charge on any atom is -0.202 e. The van der Waals surface area contributed by atoms with Crippen molar-refractivity contribution in [1.82, 2.24) is 4.98 Å². The van der Waals surface area contributed by atoms with E-state index in [1.165, 1.54) is 44.1 Å². The summed E-state index contributed by atoms with van der Waals surface area (Å²) in [4.78, 5) is 2.87. The average Bonchev–Trinajstić information content (AvgIpc) is 2.65. The van der Waals surface area contributed by atoms with Crippen molar-refractivity contribution in [3.63, 3.8) is 0 Å². The van der Waals surface area contributed by atoms with Gasteiger partial charge in [-0.2, -0.15) is 13.8 Å². The molecule has 0 amide bonds. The molecule has 1 aromatic carbocycles. The third-order valence-electron chi connectivity index (χ3n) is 5.15. The molecule has 0 atom stereocenters. The van der Waals surface area contributed by atoms with Gasteiger partial charge in [-0.05, 0) is 61.3 Å². The highest BCUT2D eigenvalue weighted by Gasteiger charge is 2.21. The number of benzene rings is 1. The predicted octanol–water partition coefficient (Wildman–Crippen LogP) is 5.97. The van der Waals surface area contributed by atoms with Crippen LogP contribution in [0.3, 0.4) is 0 Å². The van der Waals surface area contributed by atoms with E-state index in [-0.39, 0.29) is 5.56 Å². The molecule has 2 aromatic rings. The predicted molar refractivity (Wildman–Crippen MR) is 96.1 cm³/mol. The van der Waals surface area contributed by atoms with Gasteiger partial charge in [-0.1, -0.05) is 43.7 Å². The third kappa shape index (κ3) is 4.46. The summed E-state index contributed by atoms with van der Waals surface area (Å²) < 4.78 is 39.5. The van der Waals surface area contributed by atoms with Gasteiger partial charge in [-0.3, -0.25) is 0 Å². The van der Waals surface area contributed by atoms with Crippen LogP contribution < -0.4 is 0 Å². The van der Waals surface area contributed by atoms with Gasteiger partial charge >= 0.3 is 0 Å². The Balaban J connectivity index is 1.67. The number of rotatable bonds is 3. The van der Waals surface area contributed by atoms with E-state index in [4.69, 9.17) is 0 Å². The molecule has 1 heterocycles. The number of halogens is 3. The van der Waals surface area contributed by atoms with E-state index in [0.29, 0.717) is 11.5 Å². The van der Waals surface area contributed by atoms with Gasteiger partial charge in [0, 0.05) is 5.56 Å². The summed E-state index contributed by atoms with van der Waals surface area (Å²) in [6.45, 7) is 2.24. The molecule has 0 radical (unpaired) electrons. The quantitative estimate of drug-likeness (QED) is 0.487. The zero-order chi connectivity index (χ0) is 18.5. The first-order valence-corrected chi connectivity index (χ1v) is 9.20. The van der Waals surface area contributed by atoms with Crippen LogP contribution in [0, 0.1) is 35.5 Å². The topological polar surface area (TPSA) is 12.9 Å². The molecule has 4 heteroatoms. The summed E-state index contributed by atoms with van der Waals surface area (Å²) in [6, 6.07) is 8.65. The zero-order valence-corrected chi connectivity index (χ0v) is 14.9. The fraction of sp³-hybridized carbons (Fsp3) is 0.409. The summed E-state index contributed by atoms with van der Waals surface area (Å²) in [5.41, 5.74) is 1.77. The van der Waals surface area contributed by atoms with Crippen LogP contribution in [0.15, 0.2) is 30.3 Å². The Morgan fingerprint density at radius 3 is 2.31 bits per heavy atom. The fourth-order valence-electron chi connectivity index (χ4n) is 3.70. The molecule has 1 aliphatic rings. The fourth-order valence-corrected chi connectivity index (χ4v) is 3.70. The maximum absolute atomic E-state index is 13.5. The van der Waals surface area contributed by atoms with Crippen molar-refractivity contribution in [2.24, 2.45) is 5.92 Å². The van der Waals surface area contributed by atoms with Crippen molar-refractivity contribution in [2.45, 2.75) is 51.4 Å². The largest absolute Gasteiger partial charge is 0.251 e. The number of nitrogens with zero attached hydrogens (tertiary/aromatic N) is 1. The first kappa shape index (κ1) is 18.5. The van der Waals surface area contributed by atoms with E-state index in [9.17, 15) is 13.2 Å². The first-order chi connectivity index (χ1) is 12.6. The Morgan fingerprint density at radius 1 is 0.962 bits per heavy atom. The SMILES string of the molecule is CCCC1CCC(c2ccc(C#Cc3cc(F)c(F)nc3F)cc2)CC1. The summed E-state index contributed by atoms with van der Waals surface area (Å²) in [5.74, 6) is 3.02. The monoisotopic (exact) mass is 357 g/mol. The summed E-state index contributed by atoms with van der Waals surface area (Å²) >= 11 is 0. The molecule has 0 bridgehead atoms. The van der Waals surface area contributed by atoms with E-state index in [2.05, 4.69) is 35.9 Å². The number of hydrogen-bond acceptors (Lipinski definition) is 1. The van der Waals surface area contributed by atoms with Crippen LogP contribution in [0.1, 0.15) is 68.1 Å². The molecule has 1 nitrogen and oxygen atoms in total. The maximum Gasteiger partial charge on any atom is 0.251 e. The lowest BCUT2D eigenvalue weighted by Gasteiger charge is -2.28. The molecule has 0 N–H and O–H groups in total. The van der Waals surface area contributed by atoms with Crippen molar-refractivity contribution in [2.75, 3.05) is 0 Å². The third-order valence-corrected chi connectivity index (χ3v) is 5.15. The van der Waals surface area contributed by atoms with Crippen LogP contribution >= 0.6 is 0 Å². The Kier molecular flexibility index (Phi) is 5.98. The highest BCUT2D eigenvalue weighted by Crippen LogP contribution is 2.37. The van der Waals surface area contributed by atoms with Gasteiger partial charge in [0.1, 0.15) is 0 Å². The second kappa shape index (κ2) is 8.40. The molecule has 0 aliphatic heterocycles. The normalized spacial score (nSPS) is 19.7. The van der Waals surface area contributed by atoms with Crippen LogP contribution in [0.25, 0.3) is 0 Å². The lowest BCUT2D eigenvalue weighted by molar-refractivity contribution is 0.308. The molecule has 1 aromatic heterocycles. The van der Waals surface area contributed by atoms with Crippen LogP contribution in [0.4, 0.5) is 13.2 Å². The molecule has 0 unspecified atom stereocenters. The maximum atomic E-state index is 13.5. The highest BCUT2D eigenvalue weighted by atomic mass is 19.2. The number of aromatic nitrogens is 1. The lowest BCUT2D eigenvalue weighted by atomic mass is 9.77. The average molecular weight is 357 g/mol. The van der Waals surface area contributed by atoms with Crippen molar-refractivity contribution in [3.05, 3.63) is 64.7 Å². The van der Waals surface area contributed by atoms with Gasteiger partial charge in [0.05, 0.1) is 5.56 Å². The van der Waals surface area contributed by atoms with Gasteiger partial charge < -0.3 is 0 Å². The van der Waals surface area contributed by atoms with Crippen molar-refractivity contribution in [3.8, 4) is 11.8 Å². The Morgan fingerprint density at radius 2 is 1.65 bits per heavy atom. The van der Waals surface area contributed by atoms with Gasteiger partial charge in [0.25, 0.3) is 5.95 Å². The molecule has 0 spiro atoms. The van der Waals surface area contributed by atoms with Gasteiger partial charge in [0.2, 0.25) is 5.95 Å². The second-order valence-corrected chi connectivity index (χ2v) is 6.98. The van der Waals surface area contributed by atoms with Crippen LogP contribution in [0.5, 0.6) is 0 Å². The van der Waals surface area contributed by atoms with E-state index in [1.54, 1.807) is 0 Å². The number of pyridine rings is 1. The molecule has 136 valence electrons. The van der Waals surface area contributed by atoms with Crippen molar-refractivity contribution in [1.29, 1.82) is 0 Å². The van der Waals surface area contributed by atoms with Gasteiger partial charge in [0.15, 0.2) is 5.82 Å². The van der Waals surface area contributed by atoms with E-state index in [0.717, 1.165) is 12.0 Å². The van der Waals surface area contributed by atoms with Crippen LogP contribution in [0.2, 0.25) is 0 Å². The van der Waals surface area contributed by atoms with Gasteiger partial charge in [-0.25, -0.2) is 4.39 Å². The molecule has 3 rings (SSSR count). The Bertz CT molecular complexity index is 810.